The smallest absolute Gasteiger partial charge is 0.0871 e. The lowest BCUT2D eigenvalue weighted by molar-refractivity contribution is 0.888. The van der Waals surface area contributed by atoms with Crippen LogP contribution in [0.3, 0.4) is 0 Å². The molecule has 1 N–H and O–H groups in total. The number of rotatable bonds is 3. The first-order valence-corrected chi connectivity index (χ1v) is 18.4. The number of benzene rings is 6. The molecule has 0 radical (unpaired) electrons. The van der Waals surface area contributed by atoms with Crippen molar-refractivity contribution in [1.29, 1.82) is 0 Å². The number of allylic oxidation sites excluding steroid dienone is 3. The molecule has 0 amide bonds. The largest absolute Gasteiger partial charge is 0.359 e. The van der Waals surface area contributed by atoms with E-state index in [1.165, 1.54) is 44.0 Å². The van der Waals surface area contributed by atoms with Crippen molar-refractivity contribution in [3.8, 4) is 22.5 Å². The van der Waals surface area contributed by atoms with Crippen molar-refractivity contribution in [3.63, 3.8) is 0 Å². The van der Waals surface area contributed by atoms with Gasteiger partial charge in [0.15, 0.2) is 0 Å². The summed E-state index contributed by atoms with van der Waals surface area (Å²) in [7, 11) is 0. The minimum absolute atomic E-state index is 0.914. The highest BCUT2D eigenvalue weighted by molar-refractivity contribution is 6.09. The first kappa shape index (κ1) is 29.8. The molecule has 11 rings (SSSR count). The molecule has 9 aromatic rings. The number of fused-ring (bicyclic) bond motifs is 7. The molecule has 0 spiro atoms. The number of hydrogen-bond donors (Lipinski definition) is 1. The Morgan fingerprint density at radius 2 is 1.21 bits per heavy atom. The maximum Gasteiger partial charge on any atom is 0.0871 e. The van der Waals surface area contributed by atoms with Crippen LogP contribution in [0.1, 0.15) is 28.9 Å². The number of nitrogens with zero attached hydrogens (tertiary/aromatic N) is 3. The third-order valence-electron chi connectivity index (χ3n) is 11.0. The van der Waals surface area contributed by atoms with Gasteiger partial charge < -0.3 is 14.1 Å². The molecule has 4 heteroatoms. The van der Waals surface area contributed by atoms with Crippen LogP contribution >= 0.6 is 0 Å². The molecule has 250 valence electrons. The normalized spacial score (nSPS) is 14.5. The fraction of sp³-hybridized carbons (Fsp3) is 0.0408. The van der Waals surface area contributed by atoms with Gasteiger partial charge in [-0.3, -0.25) is 0 Å². The zero-order valence-electron chi connectivity index (χ0n) is 29.0. The summed E-state index contributed by atoms with van der Waals surface area (Å²) in [6, 6.07) is 48.6. The third kappa shape index (κ3) is 4.73. The molecule has 0 aliphatic heterocycles. The Labute approximate surface area is 306 Å². The first-order valence-electron chi connectivity index (χ1n) is 18.4. The molecule has 0 unspecified atom stereocenters. The minimum Gasteiger partial charge on any atom is -0.359 e. The second kappa shape index (κ2) is 11.8. The fourth-order valence-electron chi connectivity index (χ4n) is 8.56. The summed E-state index contributed by atoms with van der Waals surface area (Å²) in [5.41, 5.74) is 14.9. The topological polar surface area (TPSA) is 38.5 Å². The fourth-order valence-corrected chi connectivity index (χ4v) is 8.56. The lowest BCUT2D eigenvalue weighted by Gasteiger charge is -2.18. The van der Waals surface area contributed by atoms with Crippen LogP contribution in [0.5, 0.6) is 0 Å². The predicted octanol–water partition coefficient (Wildman–Crippen LogP) is 12.5. The predicted molar refractivity (Wildman–Crippen MR) is 223 cm³/mol. The molecule has 2 aliphatic rings. The van der Waals surface area contributed by atoms with Gasteiger partial charge in [-0.1, -0.05) is 109 Å². The van der Waals surface area contributed by atoms with E-state index < -0.39 is 0 Å². The molecule has 4 nitrogen and oxygen atoms in total. The van der Waals surface area contributed by atoms with E-state index in [9.17, 15) is 0 Å². The van der Waals surface area contributed by atoms with Crippen molar-refractivity contribution in [2.75, 3.05) is 0 Å². The number of H-pyrrole nitrogens is 1. The highest BCUT2D eigenvalue weighted by Crippen LogP contribution is 2.39. The maximum atomic E-state index is 5.25. The summed E-state index contributed by atoms with van der Waals surface area (Å²) in [6.07, 6.45) is 17.2. The lowest BCUT2D eigenvalue weighted by atomic mass is 9.97. The summed E-state index contributed by atoms with van der Waals surface area (Å²) in [6.45, 7) is 0. The number of para-hydroxylation sites is 5. The monoisotopic (exact) mass is 678 g/mol. The van der Waals surface area contributed by atoms with Crippen molar-refractivity contribution in [3.05, 3.63) is 180 Å². The van der Waals surface area contributed by atoms with E-state index in [0.717, 1.165) is 68.4 Å². The Bertz CT molecular complexity index is 3070. The van der Waals surface area contributed by atoms with Gasteiger partial charge in [-0.05, 0) is 95.6 Å². The van der Waals surface area contributed by atoms with Crippen LogP contribution < -0.4 is 0 Å². The Kier molecular flexibility index (Phi) is 6.65. The molecule has 0 atom stereocenters. The zero-order valence-corrected chi connectivity index (χ0v) is 29.0. The molecule has 3 heterocycles. The second-order valence-corrected chi connectivity index (χ2v) is 14.0. The highest BCUT2D eigenvalue weighted by Gasteiger charge is 2.21. The summed E-state index contributed by atoms with van der Waals surface area (Å²) in [5, 5.41) is 6.05. The number of hydrogen-bond acceptors (Lipinski definition) is 1. The summed E-state index contributed by atoms with van der Waals surface area (Å²) in [5.74, 6) is 0. The van der Waals surface area contributed by atoms with E-state index in [0.29, 0.717) is 0 Å². The standard InChI is InChI=1S/C49H34N4/c1-6-18-43-42-29-32(25-26-37(42)33(13-1)31-50-44-19-7-8-20-45(44)51-43)34-27-35(52-46-21-9-2-14-38(46)39-15-3-10-22-47(39)52)30-36(28-34)53-48-23-11-4-16-40(48)41-17-5-12-24-49(41)53/h1-11,13-23,25-31,50H,12,24H2/b13-1-,18-6-,33-31?,51-43?. The van der Waals surface area contributed by atoms with E-state index in [-0.39, 0.29) is 0 Å². The Morgan fingerprint density at radius 3 is 2.02 bits per heavy atom. The van der Waals surface area contributed by atoms with Gasteiger partial charge in [-0.25, -0.2) is 4.98 Å². The van der Waals surface area contributed by atoms with Crippen molar-refractivity contribution < 1.29 is 0 Å². The van der Waals surface area contributed by atoms with Crippen LogP contribution in [0, 0.1) is 0 Å². The van der Waals surface area contributed by atoms with Crippen LogP contribution in [-0.2, 0) is 6.42 Å². The van der Waals surface area contributed by atoms with Crippen LogP contribution in [0.25, 0.3) is 95.2 Å². The molecular formula is C49H34N4. The Morgan fingerprint density at radius 1 is 0.528 bits per heavy atom. The summed E-state index contributed by atoms with van der Waals surface area (Å²) < 4.78 is 4.95. The van der Waals surface area contributed by atoms with Crippen molar-refractivity contribution in [2.45, 2.75) is 12.8 Å². The maximum absolute atomic E-state index is 5.25. The summed E-state index contributed by atoms with van der Waals surface area (Å²) >= 11 is 0. The molecule has 2 aliphatic carbocycles. The van der Waals surface area contributed by atoms with E-state index in [1.54, 1.807) is 0 Å². The van der Waals surface area contributed by atoms with Gasteiger partial charge in [-0.2, -0.15) is 0 Å². The summed E-state index contributed by atoms with van der Waals surface area (Å²) in [4.78, 5) is 8.78. The van der Waals surface area contributed by atoms with Crippen molar-refractivity contribution in [2.24, 2.45) is 0 Å². The molecule has 3 aromatic heterocycles. The van der Waals surface area contributed by atoms with Gasteiger partial charge in [0.2, 0.25) is 0 Å². The van der Waals surface area contributed by atoms with E-state index in [4.69, 9.17) is 4.98 Å². The lowest BCUT2D eigenvalue weighted by Crippen LogP contribution is -2.05. The van der Waals surface area contributed by atoms with Gasteiger partial charge in [0.1, 0.15) is 0 Å². The van der Waals surface area contributed by atoms with E-state index in [1.807, 2.05) is 12.1 Å². The van der Waals surface area contributed by atoms with E-state index in [2.05, 4.69) is 178 Å². The van der Waals surface area contributed by atoms with Gasteiger partial charge in [0.05, 0.1) is 33.3 Å². The number of aromatic nitrogens is 4. The zero-order chi connectivity index (χ0) is 34.9. The highest BCUT2D eigenvalue weighted by atomic mass is 15.0. The van der Waals surface area contributed by atoms with Gasteiger partial charge in [0, 0.05) is 50.4 Å². The van der Waals surface area contributed by atoms with Crippen LogP contribution in [0.4, 0.5) is 0 Å². The minimum atomic E-state index is 0.914. The quantitative estimate of drug-likeness (QED) is 0.198. The van der Waals surface area contributed by atoms with Crippen LogP contribution in [-0.4, -0.2) is 19.1 Å². The molecule has 6 aromatic carbocycles. The first-order chi connectivity index (χ1) is 26.3. The average Bonchev–Trinajstić information content (AvgIpc) is 3.73. The van der Waals surface area contributed by atoms with Gasteiger partial charge >= 0.3 is 0 Å². The molecular weight excluding hydrogens is 645 g/mol. The Balaban J connectivity index is 1.24. The number of aromatic amines is 1. The van der Waals surface area contributed by atoms with Crippen LogP contribution in [0.15, 0.2) is 158 Å². The van der Waals surface area contributed by atoms with Crippen molar-refractivity contribution in [1.82, 2.24) is 19.1 Å². The Hall–Kier alpha value is -6.91. The van der Waals surface area contributed by atoms with E-state index >= 15 is 0 Å². The van der Waals surface area contributed by atoms with Crippen molar-refractivity contribution >= 4 is 72.7 Å². The molecule has 2 bridgehead atoms. The average molecular weight is 679 g/mol. The molecule has 0 saturated heterocycles. The van der Waals surface area contributed by atoms with Crippen LogP contribution in [0.2, 0.25) is 0 Å². The number of nitrogens with one attached hydrogen (secondary N) is 1. The van der Waals surface area contributed by atoms with Gasteiger partial charge in [0.25, 0.3) is 0 Å². The second-order valence-electron chi connectivity index (χ2n) is 14.0. The van der Waals surface area contributed by atoms with Gasteiger partial charge in [-0.15, -0.1) is 0 Å². The molecule has 0 saturated carbocycles. The molecule has 53 heavy (non-hydrogen) atoms. The SMILES string of the molecule is C1=Cc2c(n(-c3cc(-c4ccc5c6c[nH]c7ccccc7nc(c5c4)/C=C\C=C/6)cc(-n4c5ccccc5c5ccccc54)c3)c3ccccc23)CC1. The molecule has 0 fully saturated rings. The third-order valence-corrected chi connectivity index (χ3v) is 11.0.